The normalized spacial score (nSPS) is 17.0. The fourth-order valence-electron chi connectivity index (χ4n) is 2.53. The van der Waals surface area contributed by atoms with Gasteiger partial charge in [0.25, 0.3) is 0 Å². The quantitative estimate of drug-likeness (QED) is 0.898. The molecular formula is C16H26BrN3O. The lowest BCUT2D eigenvalue weighted by atomic mass is 10.1. The van der Waals surface area contributed by atoms with Crippen molar-refractivity contribution in [3.63, 3.8) is 0 Å². The van der Waals surface area contributed by atoms with Crippen molar-refractivity contribution in [1.82, 2.24) is 10.3 Å². The van der Waals surface area contributed by atoms with E-state index in [4.69, 9.17) is 4.74 Å². The van der Waals surface area contributed by atoms with E-state index in [1.165, 1.54) is 5.56 Å². The number of hydrogen-bond acceptors (Lipinski definition) is 4. The minimum absolute atomic E-state index is 0.0941. The Morgan fingerprint density at radius 1 is 1.38 bits per heavy atom. The van der Waals surface area contributed by atoms with Gasteiger partial charge in [-0.2, -0.15) is 0 Å². The van der Waals surface area contributed by atoms with E-state index in [9.17, 15) is 0 Å². The van der Waals surface area contributed by atoms with Crippen molar-refractivity contribution in [3.8, 4) is 0 Å². The highest BCUT2D eigenvalue weighted by atomic mass is 79.9. The molecule has 118 valence electrons. The van der Waals surface area contributed by atoms with Crippen LogP contribution in [0, 0.1) is 0 Å². The second kappa shape index (κ2) is 7.07. The summed E-state index contributed by atoms with van der Waals surface area (Å²) in [5, 5.41) is 3.55. The number of ether oxygens (including phenoxy) is 1. The van der Waals surface area contributed by atoms with Gasteiger partial charge in [-0.3, -0.25) is 0 Å². The van der Waals surface area contributed by atoms with Gasteiger partial charge < -0.3 is 15.0 Å². The Morgan fingerprint density at radius 2 is 2.05 bits per heavy atom. The van der Waals surface area contributed by atoms with Crippen LogP contribution in [0.15, 0.2) is 16.7 Å². The molecule has 0 amide bonds. The summed E-state index contributed by atoms with van der Waals surface area (Å²) in [5.74, 6) is 1.07. The summed E-state index contributed by atoms with van der Waals surface area (Å²) < 4.78 is 6.49. The highest BCUT2D eigenvalue weighted by molar-refractivity contribution is 9.10. The van der Waals surface area contributed by atoms with Gasteiger partial charge in [0.1, 0.15) is 5.82 Å². The fraction of sp³-hybridized carbons (Fsp3) is 0.688. The Kier molecular flexibility index (Phi) is 5.63. The molecule has 4 nitrogen and oxygen atoms in total. The molecule has 0 unspecified atom stereocenters. The van der Waals surface area contributed by atoms with Gasteiger partial charge in [0.15, 0.2) is 0 Å². The van der Waals surface area contributed by atoms with Gasteiger partial charge in [-0.1, -0.05) is 0 Å². The minimum Gasteiger partial charge on any atom is -0.381 e. The molecule has 1 aliphatic heterocycles. The number of anilines is 1. The monoisotopic (exact) mass is 355 g/mol. The van der Waals surface area contributed by atoms with Crippen molar-refractivity contribution in [3.05, 3.63) is 22.3 Å². The third-order valence-corrected chi connectivity index (χ3v) is 4.22. The van der Waals surface area contributed by atoms with Gasteiger partial charge in [-0.05, 0) is 55.6 Å². The molecule has 21 heavy (non-hydrogen) atoms. The number of aromatic nitrogens is 1. The van der Waals surface area contributed by atoms with E-state index in [0.717, 1.165) is 42.9 Å². The van der Waals surface area contributed by atoms with Crippen LogP contribution in [-0.4, -0.2) is 36.8 Å². The smallest absolute Gasteiger partial charge is 0.133 e. The van der Waals surface area contributed by atoms with Gasteiger partial charge in [0, 0.05) is 54.6 Å². The first kappa shape index (κ1) is 16.7. The topological polar surface area (TPSA) is 37.4 Å². The van der Waals surface area contributed by atoms with Crippen molar-refractivity contribution < 1.29 is 4.74 Å². The number of pyridine rings is 1. The molecule has 1 aromatic rings. The maximum atomic E-state index is 5.46. The molecule has 2 heterocycles. The van der Waals surface area contributed by atoms with E-state index < -0.39 is 0 Å². The van der Waals surface area contributed by atoms with Gasteiger partial charge in [0.05, 0.1) is 0 Å². The van der Waals surface area contributed by atoms with E-state index in [2.05, 4.69) is 65.0 Å². The number of halogens is 1. The third-order valence-electron chi connectivity index (χ3n) is 3.79. The maximum Gasteiger partial charge on any atom is 0.133 e. The Morgan fingerprint density at radius 3 is 2.67 bits per heavy atom. The van der Waals surface area contributed by atoms with Crippen LogP contribution in [0.25, 0.3) is 0 Å². The van der Waals surface area contributed by atoms with Crippen molar-refractivity contribution >= 4 is 21.7 Å². The zero-order valence-corrected chi connectivity index (χ0v) is 15.0. The largest absolute Gasteiger partial charge is 0.381 e. The molecule has 1 N–H and O–H groups in total. The molecule has 0 aliphatic carbocycles. The summed E-state index contributed by atoms with van der Waals surface area (Å²) in [6.45, 7) is 9.06. The minimum atomic E-state index is 0.0941. The zero-order valence-electron chi connectivity index (χ0n) is 13.4. The summed E-state index contributed by atoms with van der Waals surface area (Å²) in [5.41, 5.74) is 1.32. The molecule has 0 radical (unpaired) electrons. The molecule has 1 saturated heterocycles. The standard InChI is InChI=1S/C16H26BrN3O/c1-16(2,3)19-10-12-9-13(17)11-18-15(12)20(4)14-5-7-21-8-6-14/h9,11,14,19H,5-8,10H2,1-4H3. The second-order valence-electron chi connectivity index (χ2n) is 6.69. The first-order chi connectivity index (χ1) is 9.87. The Hall–Kier alpha value is -0.650. The molecule has 0 aromatic carbocycles. The van der Waals surface area contributed by atoms with E-state index in [1.807, 2.05) is 6.20 Å². The molecule has 0 spiro atoms. The van der Waals surface area contributed by atoms with Crippen LogP contribution in [-0.2, 0) is 11.3 Å². The van der Waals surface area contributed by atoms with Gasteiger partial charge >= 0.3 is 0 Å². The van der Waals surface area contributed by atoms with Crippen LogP contribution in [0.5, 0.6) is 0 Å². The second-order valence-corrected chi connectivity index (χ2v) is 7.61. The molecule has 5 heteroatoms. The molecule has 2 rings (SSSR count). The molecule has 1 aromatic heterocycles. The lowest BCUT2D eigenvalue weighted by Gasteiger charge is -2.33. The predicted molar refractivity (Wildman–Crippen MR) is 90.8 cm³/mol. The summed E-state index contributed by atoms with van der Waals surface area (Å²) in [4.78, 5) is 6.97. The highest BCUT2D eigenvalue weighted by Crippen LogP contribution is 2.25. The molecular weight excluding hydrogens is 330 g/mol. The van der Waals surface area contributed by atoms with Crippen LogP contribution in [0.1, 0.15) is 39.2 Å². The molecule has 0 bridgehead atoms. The van der Waals surface area contributed by atoms with Crippen LogP contribution in [0.3, 0.4) is 0 Å². The third kappa shape index (κ3) is 4.94. The summed E-state index contributed by atoms with van der Waals surface area (Å²) >= 11 is 3.53. The van der Waals surface area contributed by atoms with Crippen molar-refractivity contribution in [2.24, 2.45) is 0 Å². The number of rotatable bonds is 4. The maximum absolute atomic E-state index is 5.46. The van der Waals surface area contributed by atoms with Crippen LogP contribution in [0.4, 0.5) is 5.82 Å². The zero-order chi connectivity index (χ0) is 15.5. The Bertz CT molecular complexity index is 467. The lowest BCUT2D eigenvalue weighted by Crippen LogP contribution is -2.39. The van der Waals surface area contributed by atoms with E-state index in [0.29, 0.717) is 6.04 Å². The van der Waals surface area contributed by atoms with Crippen molar-refractivity contribution in [2.45, 2.75) is 51.7 Å². The SMILES string of the molecule is CN(c1ncc(Br)cc1CNC(C)(C)C)C1CCOCC1. The van der Waals surface area contributed by atoms with E-state index >= 15 is 0 Å². The first-order valence-electron chi connectivity index (χ1n) is 7.57. The van der Waals surface area contributed by atoms with Crippen LogP contribution >= 0.6 is 15.9 Å². The Labute approximate surface area is 136 Å². The Balaban J connectivity index is 2.17. The predicted octanol–water partition coefficient (Wildman–Crippen LogP) is 3.35. The number of nitrogens with one attached hydrogen (secondary N) is 1. The van der Waals surface area contributed by atoms with E-state index in [1.54, 1.807) is 0 Å². The number of hydrogen-bond donors (Lipinski definition) is 1. The number of nitrogens with zero attached hydrogens (tertiary/aromatic N) is 2. The average molecular weight is 356 g/mol. The highest BCUT2D eigenvalue weighted by Gasteiger charge is 2.22. The van der Waals surface area contributed by atoms with Crippen molar-refractivity contribution in [2.75, 3.05) is 25.2 Å². The summed E-state index contributed by atoms with van der Waals surface area (Å²) in [6, 6.07) is 2.68. The molecule has 0 saturated carbocycles. The van der Waals surface area contributed by atoms with Gasteiger partial charge in [0.2, 0.25) is 0 Å². The first-order valence-corrected chi connectivity index (χ1v) is 8.36. The van der Waals surface area contributed by atoms with Crippen molar-refractivity contribution in [1.29, 1.82) is 0 Å². The summed E-state index contributed by atoms with van der Waals surface area (Å²) in [7, 11) is 2.15. The van der Waals surface area contributed by atoms with E-state index in [-0.39, 0.29) is 5.54 Å². The van der Waals surface area contributed by atoms with Crippen LogP contribution in [0.2, 0.25) is 0 Å². The molecule has 0 atom stereocenters. The fourth-order valence-corrected chi connectivity index (χ4v) is 2.91. The average Bonchev–Trinajstić information content (AvgIpc) is 2.45. The van der Waals surface area contributed by atoms with Gasteiger partial charge in [-0.15, -0.1) is 0 Å². The van der Waals surface area contributed by atoms with Gasteiger partial charge in [-0.25, -0.2) is 4.98 Å². The lowest BCUT2D eigenvalue weighted by molar-refractivity contribution is 0.0853. The molecule has 1 fully saturated rings. The van der Waals surface area contributed by atoms with Crippen LogP contribution < -0.4 is 10.2 Å². The molecule has 1 aliphatic rings. The summed E-state index contributed by atoms with van der Waals surface area (Å²) in [6.07, 6.45) is 4.02.